The molecule has 0 aliphatic rings. The van der Waals surface area contributed by atoms with Gasteiger partial charge in [0.25, 0.3) is 0 Å². The number of nitrogens with zero attached hydrogens (tertiary/aromatic N) is 4. The number of aromatic nitrogens is 4. The number of imidazole rings is 1. The maximum Gasteiger partial charge on any atom is 0.303 e. The average molecular weight is 461 g/mol. The number of hydrogen-bond acceptors (Lipinski definition) is 7. The van der Waals surface area contributed by atoms with Crippen LogP contribution in [0.1, 0.15) is 31.2 Å². The van der Waals surface area contributed by atoms with Gasteiger partial charge in [-0.25, -0.2) is 9.97 Å². The number of nitrogens with one attached hydrogen (secondary N) is 1. The maximum atomic E-state index is 10.6. The van der Waals surface area contributed by atoms with Gasteiger partial charge in [-0.2, -0.15) is 4.98 Å². The van der Waals surface area contributed by atoms with E-state index in [4.69, 9.17) is 15.6 Å². The molecule has 2 aromatic carbocycles. The van der Waals surface area contributed by atoms with Crippen molar-refractivity contribution in [3.63, 3.8) is 0 Å². The highest BCUT2D eigenvalue weighted by Crippen LogP contribution is 2.21. The fourth-order valence-corrected chi connectivity index (χ4v) is 3.52. The summed E-state index contributed by atoms with van der Waals surface area (Å²) in [6.07, 6.45) is 6.81. The molecule has 0 saturated heterocycles. The van der Waals surface area contributed by atoms with Crippen LogP contribution in [0.4, 0.5) is 11.6 Å². The minimum absolute atomic E-state index is 0.162. The predicted octanol–water partition coefficient (Wildman–Crippen LogP) is 4.08. The van der Waals surface area contributed by atoms with Gasteiger partial charge in [-0.05, 0) is 74.2 Å². The number of carbonyl (C=O) groups is 1. The van der Waals surface area contributed by atoms with E-state index in [0.29, 0.717) is 43.1 Å². The molecule has 0 radical (unpaired) electrons. The van der Waals surface area contributed by atoms with Crippen LogP contribution in [0.25, 0.3) is 16.9 Å². The second kappa shape index (κ2) is 11.2. The molecule has 0 unspecified atom stereocenters. The van der Waals surface area contributed by atoms with Crippen molar-refractivity contribution in [1.82, 2.24) is 19.5 Å². The summed E-state index contributed by atoms with van der Waals surface area (Å²) in [6, 6.07) is 15.8. The molecule has 0 bridgehead atoms. The summed E-state index contributed by atoms with van der Waals surface area (Å²) >= 11 is 0. The van der Waals surface area contributed by atoms with Gasteiger partial charge in [0.1, 0.15) is 17.6 Å². The Morgan fingerprint density at radius 1 is 1.03 bits per heavy atom. The Hall–Kier alpha value is -3.98. The van der Waals surface area contributed by atoms with Crippen LogP contribution < -0.4 is 15.8 Å². The third kappa shape index (κ3) is 6.08. The Kier molecular flexibility index (Phi) is 7.67. The van der Waals surface area contributed by atoms with Crippen molar-refractivity contribution < 1.29 is 14.6 Å². The molecule has 4 N–H and O–H groups in total. The molecule has 34 heavy (non-hydrogen) atoms. The summed E-state index contributed by atoms with van der Waals surface area (Å²) in [4.78, 5) is 24.0. The number of carboxylic acid groups (broad SMARTS) is 1. The first-order chi connectivity index (χ1) is 16.6. The van der Waals surface area contributed by atoms with Crippen molar-refractivity contribution in [3.05, 3.63) is 66.6 Å². The van der Waals surface area contributed by atoms with Gasteiger partial charge < -0.3 is 20.9 Å². The Morgan fingerprint density at radius 2 is 1.82 bits per heavy atom. The van der Waals surface area contributed by atoms with Crippen LogP contribution in [0.5, 0.6) is 5.75 Å². The Morgan fingerprint density at radius 3 is 2.56 bits per heavy atom. The zero-order chi connectivity index (χ0) is 23.8. The molecule has 0 aliphatic heterocycles. The lowest BCUT2D eigenvalue weighted by Crippen LogP contribution is -2.02. The Balaban J connectivity index is 1.42. The van der Waals surface area contributed by atoms with Crippen LogP contribution >= 0.6 is 0 Å². The molecule has 0 aliphatic carbocycles. The van der Waals surface area contributed by atoms with E-state index in [0.717, 1.165) is 30.0 Å². The SMILES string of the molecule is NCCCc1ccc(Nc2ncc3ncn(-c4ccc(OCCCCC(=O)O)cc4)c3n2)cc1. The molecule has 9 heteroatoms. The van der Waals surface area contributed by atoms with E-state index in [2.05, 4.69) is 32.4 Å². The van der Waals surface area contributed by atoms with Crippen molar-refractivity contribution in [2.45, 2.75) is 32.1 Å². The first-order valence-corrected chi connectivity index (χ1v) is 11.3. The van der Waals surface area contributed by atoms with Crippen LogP contribution in [-0.2, 0) is 11.2 Å². The standard InChI is InChI=1S/C25H28N6O3/c26-14-3-4-18-6-8-19(9-7-18)29-25-27-16-22-24(30-25)31(17-28-22)20-10-12-21(13-11-20)34-15-2-1-5-23(32)33/h6-13,16-17H,1-5,14-15,26H2,(H,32,33)(H,27,29,30). The van der Waals surface area contributed by atoms with Crippen LogP contribution in [0.2, 0.25) is 0 Å². The zero-order valence-corrected chi connectivity index (χ0v) is 18.9. The molecule has 9 nitrogen and oxygen atoms in total. The van der Waals surface area contributed by atoms with Gasteiger partial charge in [-0.1, -0.05) is 12.1 Å². The van der Waals surface area contributed by atoms with E-state index in [9.17, 15) is 4.79 Å². The van der Waals surface area contributed by atoms with Crippen molar-refractivity contribution in [3.8, 4) is 11.4 Å². The van der Waals surface area contributed by atoms with E-state index in [1.165, 1.54) is 5.56 Å². The fraction of sp³-hybridized carbons (Fsp3) is 0.280. The number of anilines is 2. The molecule has 176 valence electrons. The molecule has 0 spiro atoms. The molecule has 0 fully saturated rings. The number of hydrogen-bond donors (Lipinski definition) is 3. The molecule has 4 rings (SSSR count). The highest BCUT2D eigenvalue weighted by molar-refractivity contribution is 5.74. The average Bonchev–Trinajstić information content (AvgIpc) is 3.27. The lowest BCUT2D eigenvalue weighted by atomic mass is 10.1. The number of nitrogens with two attached hydrogens (primary N) is 1. The molecule has 4 aromatic rings. The summed E-state index contributed by atoms with van der Waals surface area (Å²) in [6.45, 7) is 1.17. The highest BCUT2D eigenvalue weighted by atomic mass is 16.5. The number of fused-ring (bicyclic) bond motifs is 1. The van der Waals surface area contributed by atoms with E-state index < -0.39 is 5.97 Å². The molecule has 2 aromatic heterocycles. The van der Waals surface area contributed by atoms with Crippen LogP contribution in [-0.4, -0.2) is 43.7 Å². The normalized spacial score (nSPS) is 11.0. The van der Waals surface area contributed by atoms with Crippen molar-refractivity contribution in [2.24, 2.45) is 5.73 Å². The molecule has 2 heterocycles. The van der Waals surface area contributed by atoms with Crippen molar-refractivity contribution in [2.75, 3.05) is 18.5 Å². The molecular formula is C25H28N6O3. The van der Waals surface area contributed by atoms with E-state index >= 15 is 0 Å². The van der Waals surface area contributed by atoms with E-state index in [-0.39, 0.29) is 6.42 Å². The highest BCUT2D eigenvalue weighted by Gasteiger charge is 2.09. The van der Waals surface area contributed by atoms with Crippen LogP contribution in [0.3, 0.4) is 0 Å². The minimum Gasteiger partial charge on any atom is -0.494 e. The largest absolute Gasteiger partial charge is 0.494 e. The third-order valence-electron chi connectivity index (χ3n) is 5.34. The summed E-state index contributed by atoms with van der Waals surface area (Å²) in [5, 5.41) is 11.9. The lowest BCUT2D eigenvalue weighted by molar-refractivity contribution is -0.137. The van der Waals surface area contributed by atoms with Gasteiger partial charge >= 0.3 is 5.97 Å². The first-order valence-electron chi connectivity index (χ1n) is 11.3. The predicted molar refractivity (Wildman–Crippen MR) is 131 cm³/mol. The molecule has 0 amide bonds. The summed E-state index contributed by atoms with van der Waals surface area (Å²) in [5.41, 5.74) is 10.0. The Labute approximate surface area is 197 Å². The van der Waals surface area contributed by atoms with E-state index in [1.807, 2.05) is 41.0 Å². The van der Waals surface area contributed by atoms with E-state index in [1.54, 1.807) is 12.5 Å². The minimum atomic E-state index is -0.782. The van der Waals surface area contributed by atoms with Gasteiger partial charge in [-0.3, -0.25) is 9.36 Å². The number of aliphatic carboxylic acids is 1. The number of unbranched alkanes of at least 4 members (excludes halogenated alkanes) is 1. The summed E-state index contributed by atoms with van der Waals surface area (Å²) in [7, 11) is 0. The van der Waals surface area contributed by atoms with Crippen LogP contribution in [0, 0.1) is 0 Å². The quantitative estimate of drug-likeness (QED) is 0.270. The fourth-order valence-electron chi connectivity index (χ4n) is 3.52. The second-order valence-electron chi connectivity index (χ2n) is 7.92. The third-order valence-corrected chi connectivity index (χ3v) is 5.34. The second-order valence-corrected chi connectivity index (χ2v) is 7.92. The smallest absolute Gasteiger partial charge is 0.303 e. The van der Waals surface area contributed by atoms with Gasteiger partial charge in [0.15, 0.2) is 5.65 Å². The van der Waals surface area contributed by atoms with Gasteiger partial charge in [0, 0.05) is 17.8 Å². The van der Waals surface area contributed by atoms with Gasteiger partial charge in [0.2, 0.25) is 5.95 Å². The number of carboxylic acids is 1. The first kappa shape index (κ1) is 23.2. The number of rotatable bonds is 12. The molecule has 0 atom stereocenters. The maximum absolute atomic E-state index is 10.6. The van der Waals surface area contributed by atoms with Gasteiger partial charge in [0.05, 0.1) is 12.8 Å². The Bertz CT molecular complexity index is 1220. The summed E-state index contributed by atoms with van der Waals surface area (Å²) in [5.74, 6) is 0.441. The topological polar surface area (TPSA) is 128 Å². The van der Waals surface area contributed by atoms with Gasteiger partial charge in [-0.15, -0.1) is 0 Å². The molecule has 0 saturated carbocycles. The summed E-state index contributed by atoms with van der Waals surface area (Å²) < 4.78 is 7.60. The monoisotopic (exact) mass is 460 g/mol. The number of aryl methyl sites for hydroxylation is 1. The van der Waals surface area contributed by atoms with Crippen molar-refractivity contribution in [1.29, 1.82) is 0 Å². The molecular weight excluding hydrogens is 432 g/mol. The number of benzene rings is 2. The van der Waals surface area contributed by atoms with Crippen LogP contribution in [0.15, 0.2) is 61.1 Å². The zero-order valence-electron chi connectivity index (χ0n) is 18.9. The lowest BCUT2D eigenvalue weighted by Gasteiger charge is -2.09. The number of ether oxygens (including phenoxy) is 1. The van der Waals surface area contributed by atoms with Crippen molar-refractivity contribution >= 4 is 28.8 Å².